The topological polar surface area (TPSA) is 47.3 Å². The summed E-state index contributed by atoms with van der Waals surface area (Å²) >= 11 is 0. The largest absolute Gasteiger partial charge is 0.496 e. The van der Waals surface area contributed by atoms with Crippen LogP contribution in [0, 0.1) is 11.2 Å². The van der Waals surface area contributed by atoms with Gasteiger partial charge in [-0.1, -0.05) is 42.8 Å². The third kappa shape index (κ3) is 3.72. The summed E-state index contributed by atoms with van der Waals surface area (Å²) in [5.41, 5.74) is 4.71. The van der Waals surface area contributed by atoms with Gasteiger partial charge in [0.15, 0.2) is 0 Å². The standard InChI is InChI=1S/C28H27FN2O2/c1-18-14-24-20(17-30-31(24)22-11-9-21(29)10-12-22)15-28(18,2)16-25(32)27-23-7-5-4-6-19(23)8-13-26(27)33-3/h4-14,17,25,32H,15-16H2,1-3H3/t25?,28-/m1/s1. The number of ether oxygens (including phenoxy) is 1. The second kappa shape index (κ2) is 8.16. The van der Waals surface area contributed by atoms with Gasteiger partial charge in [-0.2, -0.15) is 5.10 Å². The lowest BCUT2D eigenvalue weighted by atomic mass is 9.69. The van der Waals surface area contributed by atoms with Crippen molar-refractivity contribution in [2.24, 2.45) is 5.41 Å². The maximum absolute atomic E-state index is 13.4. The van der Waals surface area contributed by atoms with Gasteiger partial charge in [0.25, 0.3) is 0 Å². The minimum atomic E-state index is -0.687. The fraction of sp³-hybridized carbons (Fsp3) is 0.250. The first-order valence-electron chi connectivity index (χ1n) is 11.1. The molecule has 4 aromatic rings. The average Bonchev–Trinajstić information content (AvgIpc) is 3.20. The third-order valence-electron chi connectivity index (χ3n) is 6.97. The number of allylic oxidation sites excluding steroid dienone is 1. The van der Waals surface area contributed by atoms with Crippen LogP contribution in [0.2, 0.25) is 0 Å². The molecule has 33 heavy (non-hydrogen) atoms. The first-order valence-corrected chi connectivity index (χ1v) is 11.1. The molecule has 1 unspecified atom stereocenters. The van der Waals surface area contributed by atoms with Crippen molar-refractivity contribution in [3.05, 3.63) is 95.1 Å². The van der Waals surface area contributed by atoms with Gasteiger partial charge >= 0.3 is 0 Å². The number of nitrogens with zero attached hydrogens (tertiary/aromatic N) is 2. The molecule has 0 amide bonds. The van der Waals surface area contributed by atoms with Gasteiger partial charge in [-0.3, -0.25) is 0 Å². The summed E-state index contributed by atoms with van der Waals surface area (Å²) in [4.78, 5) is 0. The third-order valence-corrected chi connectivity index (χ3v) is 6.97. The number of methoxy groups -OCH3 is 1. The van der Waals surface area contributed by atoms with Gasteiger partial charge in [-0.05, 0) is 77.9 Å². The van der Waals surface area contributed by atoms with Gasteiger partial charge in [0.05, 0.1) is 30.8 Å². The Hall–Kier alpha value is -3.44. The zero-order valence-corrected chi connectivity index (χ0v) is 19.0. The van der Waals surface area contributed by atoms with E-state index in [0.717, 1.165) is 39.7 Å². The van der Waals surface area contributed by atoms with Crippen LogP contribution in [0.3, 0.4) is 0 Å². The normalized spacial score (nSPS) is 18.6. The van der Waals surface area contributed by atoms with Gasteiger partial charge in [-0.25, -0.2) is 9.07 Å². The number of halogens is 1. The average molecular weight is 443 g/mol. The quantitative estimate of drug-likeness (QED) is 0.397. The molecule has 0 spiro atoms. The first-order chi connectivity index (χ1) is 15.9. The van der Waals surface area contributed by atoms with E-state index < -0.39 is 6.10 Å². The molecule has 5 heteroatoms. The van der Waals surface area contributed by atoms with Crippen molar-refractivity contribution >= 4 is 16.8 Å². The highest BCUT2D eigenvalue weighted by atomic mass is 19.1. The van der Waals surface area contributed by atoms with Gasteiger partial charge in [0.1, 0.15) is 11.6 Å². The zero-order valence-electron chi connectivity index (χ0n) is 19.0. The molecule has 1 N–H and O–H groups in total. The maximum Gasteiger partial charge on any atom is 0.125 e. The lowest BCUT2D eigenvalue weighted by molar-refractivity contribution is 0.119. The summed E-state index contributed by atoms with van der Waals surface area (Å²) in [6, 6.07) is 18.4. The second-order valence-corrected chi connectivity index (χ2v) is 9.13. The highest BCUT2D eigenvalue weighted by Gasteiger charge is 2.36. The van der Waals surface area contributed by atoms with E-state index in [0.29, 0.717) is 12.2 Å². The summed E-state index contributed by atoms with van der Waals surface area (Å²) in [5.74, 6) is 0.434. The number of hydrogen-bond acceptors (Lipinski definition) is 3. The van der Waals surface area contributed by atoms with E-state index in [1.54, 1.807) is 19.2 Å². The number of rotatable bonds is 5. The van der Waals surface area contributed by atoms with Crippen LogP contribution in [-0.2, 0) is 6.42 Å². The minimum Gasteiger partial charge on any atom is -0.496 e. The van der Waals surface area contributed by atoms with Crippen molar-refractivity contribution in [1.29, 1.82) is 0 Å². The Bertz CT molecular complexity index is 1360. The zero-order chi connectivity index (χ0) is 23.2. The number of benzene rings is 3. The summed E-state index contributed by atoms with van der Waals surface area (Å²) < 4.78 is 20.8. The van der Waals surface area contributed by atoms with Crippen molar-refractivity contribution in [2.45, 2.75) is 32.8 Å². The molecule has 1 aromatic heterocycles. The van der Waals surface area contributed by atoms with E-state index in [2.05, 4.69) is 31.1 Å². The monoisotopic (exact) mass is 442 g/mol. The highest BCUT2D eigenvalue weighted by Crippen LogP contribution is 2.46. The molecule has 3 aromatic carbocycles. The van der Waals surface area contributed by atoms with Crippen LogP contribution in [0.25, 0.3) is 22.5 Å². The molecular weight excluding hydrogens is 415 g/mol. The fourth-order valence-corrected chi connectivity index (χ4v) is 4.97. The Morgan fingerprint density at radius 1 is 1.12 bits per heavy atom. The van der Waals surface area contributed by atoms with Crippen LogP contribution >= 0.6 is 0 Å². The van der Waals surface area contributed by atoms with E-state index in [9.17, 15) is 9.50 Å². The molecule has 0 saturated heterocycles. The Kier molecular flexibility index (Phi) is 5.29. The number of aromatic nitrogens is 2. The summed E-state index contributed by atoms with van der Waals surface area (Å²) in [5, 5.41) is 18.1. The summed E-state index contributed by atoms with van der Waals surface area (Å²) in [6.07, 6.45) is 4.65. The van der Waals surface area contributed by atoms with Crippen LogP contribution < -0.4 is 4.74 Å². The Balaban J connectivity index is 1.49. The van der Waals surface area contributed by atoms with Gasteiger partial charge < -0.3 is 9.84 Å². The van der Waals surface area contributed by atoms with Crippen molar-refractivity contribution in [1.82, 2.24) is 9.78 Å². The molecule has 0 saturated carbocycles. The Morgan fingerprint density at radius 2 is 1.88 bits per heavy atom. The molecule has 2 atom stereocenters. The number of aliphatic hydroxyl groups excluding tert-OH is 1. The maximum atomic E-state index is 13.4. The molecule has 0 aliphatic heterocycles. The SMILES string of the molecule is COc1ccc2ccccc2c1C(O)C[C@@]1(C)Cc2cnn(-c3ccc(F)cc3)c2C=C1C. The number of hydrogen-bond donors (Lipinski definition) is 1. The van der Waals surface area contributed by atoms with Crippen LogP contribution in [0.4, 0.5) is 4.39 Å². The summed E-state index contributed by atoms with van der Waals surface area (Å²) in [6.45, 7) is 4.30. The summed E-state index contributed by atoms with van der Waals surface area (Å²) in [7, 11) is 1.64. The lowest BCUT2D eigenvalue weighted by Gasteiger charge is -2.36. The minimum absolute atomic E-state index is 0.245. The van der Waals surface area contributed by atoms with Crippen molar-refractivity contribution < 1.29 is 14.2 Å². The van der Waals surface area contributed by atoms with E-state index in [1.807, 2.05) is 41.2 Å². The molecule has 168 valence electrons. The molecule has 1 aliphatic rings. The van der Waals surface area contributed by atoms with Gasteiger partial charge in [0.2, 0.25) is 0 Å². The molecule has 0 bridgehead atoms. The van der Waals surface area contributed by atoms with E-state index in [4.69, 9.17) is 4.74 Å². The van der Waals surface area contributed by atoms with Crippen LogP contribution in [0.15, 0.2) is 72.4 Å². The van der Waals surface area contributed by atoms with Crippen molar-refractivity contribution in [2.75, 3.05) is 7.11 Å². The number of fused-ring (bicyclic) bond motifs is 2. The lowest BCUT2D eigenvalue weighted by Crippen LogP contribution is -2.27. The van der Waals surface area contributed by atoms with E-state index in [-0.39, 0.29) is 11.2 Å². The fourth-order valence-electron chi connectivity index (χ4n) is 4.97. The smallest absolute Gasteiger partial charge is 0.125 e. The van der Waals surface area contributed by atoms with Gasteiger partial charge in [0, 0.05) is 5.56 Å². The molecule has 4 nitrogen and oxygen atoms in total. The molecule has 0 radical (unpaired) electrons. The molecule has 1 heterocycles. The highest BCUT2D eigenvalue weighted by molar-refractivity contribution is 5.88. The van der Waals surface area contributed by atoms with Crippen LogP contribution in [0.1, 0.15) is 43.2 Å². The predicted molar refractivity (Wildman–Crippen MR) is 129 cm³/mol. The predicted octanol–water partition coefficient (Wildman–Crippen LogP) is 6.26. The van der Waals surface area contributed by atoms with Crippen LogP contribution in [-0.4, -0.2) is 22.0 Å². The molecule has 1 aliphatic carbocycles. The van der Waals surface area contributed by atoms with Crippen molar-refractivity contribution in [3.8, 4) is 11.4 Å². The first kappa shape index (κ1) is 21.4. The molecule has 0 fully saturated rings. The van der Waals surface area contributed by atoms with E-state index in [1.165, 1.54) is 17.7 Å². The number of aliphatic hydroxyl groups is 1. The second-order valence-electron chi connectivity index (χ2n) is 9.13. The van der Waals surface area contributed by atoms with E-state index >= 15 is 0 Å². The van der Waals surface area contributed by atoms with Crippen LogP contribution in [0.5, 0.6) is 5.75 Å². The van der Waals surface area contributed by atoms with Gasteiger partial charge in [-0.15, -0.1) is 0 Å². The molecule has 5 rings (SSSR count). The molecular formula is C28H27FN2O2. The Morgan fingerprint density at radius 3 is 2.64 bits per heavy atom. The van der Waals surface area contributed by atoms with Crippen molar-refractivity contribution in [3.63, 3.8) is 0 Å². The Labute approximate surface area is 192 Å².